The lowest BCUT2D eigenvalue weighted by Crippen LogP contribution is -2.70. The van der Waals surface area contributed by atoms with Gasteiger partial charge in [-0.3, -0.25) is 4.90 Å². The van der Waals surface area contributed by atoms with Gasteiger partial charge in [-0.2, -0.15) is 4.98 Å². The van der Waals surface area contributed by atoms with Crippen LogP contribution in [0.25, 0.3) is 17.0 Å². The van der Waals surface area contributed by atoms with Crippen LogP contribution in [-0.4, -0.2) is 66.5 Å². The number of anilines is 1. The monoisotopic (exact) mass is 414 g/mol. The number of pyridine rings is 1. The normalized spacial score (nSPS) is 21.3. The predicted molar refractivity (Wildman–Crippen MR) is 108 cm³/mol. The fourth-order valence-corrected chi connectivity index (χ4v) is 4.54. The first-order valence-corrected chi connectivity index (χ1v) is 10.5. The molecule has 152 valence electrons. The van der Waals surface area contributed by atoms with Crippen LogP contribution in [0, 0.1) is 0 Å². The fraction of sp³-hybridized carbons (Fsp3) is 0.474. The van der Waals surface area contributed by atoms with Gasteiger partial charge < -0.3 is 14.7 Å². The molecule has 0 spiro atoms. The first-order chi connectivity index (χ1) is 13.8. The third-order valence-electron chi connectivity index (χ3n) is 5.23. The van der Waals surface area contributed by atoms with E-state index in [9.17, 15) is 9.90 Å². The first-order valence-electron chi connectivity index (χ1n) is 9.54. The molecule has 0 aliphatic carbocycles. The Kier molecular flexibility index (Phi) is 3.95. The Labute approximate surface area is 171 Å². The van der Waals surface area contributed by atoms with Gasteiger partial charge in [0.15, 0.2) is 11.4 Å². The molecule has 6 heterocycles. The highest BCUT2D eigenvalue weighted by atomic mass is 32.1. The van der Waals surface area contributed by atoms with E-state index in [1.165, 1.54) is 11.3 Å². The molecular formula is C19H22N6O3S. The summed E-state index contributed by atoms with van der Waals surface area (Å²) in [7, 11) is 0. The van der Waals surface area contributed by atoms with E-state index in [4.69, 9.17) is 4.74 Å². The van der Waals surface area contributed by atoms with Crippen LogP contribution in [-0.2, 0) is 4.74 Å². The zero-order valence-electron chi connectivity index (χ0n) is 16.4. The molecule has 29 heavy (non-hydrogen) atoms. The second-order valence-electron chi connectivity index (χ2n) is 8.46. The van der Waals surface area contributed by atoms with Crippen molar-refractivity contribution in [2.75, 3.05) is 18.0 Å². The molecule has 2 unspecified atom stereocenters. The number of hydrogen-bond donors (Lipinski definition) is 1. The quantitative estimate of drug-likeness (QED) is 0.689. The molecule has 1 N–H and O–H groups in total. The van der Waals surface area contributed by atoms with Crippen molar-refractivity contribution in [2.45, 2.75) is 44.9 Å². The van der Waals surface area contributed by atoms with Crippen molar-refractivity contribution in [1.29, 1.82) is 0 Å². The van der Waals surface area contributed by atoms with Gasteiger partial charge in [0.1, 0.15) is 5.60 Å². The third kappa shape index (κ3) is 3.07. The van der Waals surface area contributed by atoms with Crippen LogP contribution in [0.3, 0.4) is 0 Å². The van der Waals surface area contributed by atoms with E-state index in [1.54, 1.807) is 22.2 Å². The second-order valence-corrected chi connectivity index (χ2v) is 9.18. The molecule has 0 radical (unpaired) electrons. The minimum absolute atomic E-state index is 0.0697. The lowest BCUT2D eigenvalue weighted by atomic mass is 9.88. The van der Waals surface area contributed by atoms with E-state index >= 15 is 0 Å². The van der Waals surface area contributed by atoms with Crippen LogP contribution < -0.4 is 4.90 Å². The van der Waals surface area contributed by atoms with Gasteiger partial charge in [0, 0.05) is 18.5 Å². The highest BCUT2D eigenvalue weighted by Crippen LogP contribution is 2.36. The molecule has 10 heteroatoms. The van der Waals surface area contributed by atoms with Crippen LogP contribution in [0.5, 0.6) is 5.75 Å². The Balaban J connectivity index is 1.40. The van der Waals surface area contributed by atoms with E-state index in [1.807, 2.05) is 31.1 Å². The standard InChI is InChI=1S/C19H22N6O3S/c1-19(2,3)28-18(27)24-11-6-12(24)8-23(7-11)17-21-16-15(26)5-4-14(25(16)22-17)13-9-29-10-20-13/h4-5,9-12,26H,6-8H2,1-3H3. The molecular weight excluding hydrogens is 392 g/mol. The van der Waals surface area contributed by atoms with E-state index in [2.05, 4.69) is 20.0 Å². The zero-order chi connectivity index (χ0) is 20.3. The number of fused-ring (bicyclic) bond motifs is 3. The molecule has 3 saturated heterocycles. The number of amides is 1. The average molecular weight is 414 g/mol. The number of rotatable bonds is 2. The highest BCUT2D eigenvalue weighted by molar-refractivity contribution is 7.07. The smallest absolute Gasteiger partial charge is 0.410 e. The van der Waals surface area contributed by atoms with Crippen molar-refractivity contribution in [3.05, 3.63) is 23.0 Å². The number of piperazine rings is 1. The Morgan fingerprint density at radius 2 is 2.03 bits per heavy atom. The molecule has 0 saturated carbocycles. The summed E-state index contributed by atoms with van der Waals surface area (Å²) in [5.74, 6) is 0.613. The Bertz CT molecular complexity index is 1060. The zero-order valence-corrected chi connectivity index (χ0v) is 17.3. The summed E-state index contributed by atoms with van der Waals surface area (Å²) in [4.78, 5) is 25.3. The van der Waals surface area contributed by atoms with E-state index < -0.39 is 5.60 Å². The van der Waals surface area contributed by atoms with Crippen molar-refractivity contribution in [2.24, 2.45) is 0 Å². The molecule has 3 fully saturated rings. The number of carbonyl (C=O) groups excluding carboxylic acids is 1. The number of thiazole rings is 1. The van der Waals surface area contributed by atoms with Gasteiger partial charge in [0.25, 0.3) is 0 Å². The molecule has 0 aromatic carbocycles. The van der Waals surface area contributed by atoms with Gasteiger partial charge in [-0.15, -0.1) is 16.4 Å². The second kappa shape index (κ2) is 6.31. The minimum Gasteiger partial charge on any atom is -0.504 e. The van der Waals surface area contributed by atoms with Crippen molar-refractivity contribution in [3.8, 4) is 17.1 Å². The number of piperidine rings is 1. The van der Waals surface area contributed by atoms with Crippen LogP contribution in [0.1, 0.15) is 27.2 Å². The molecule has 3 aromatic heterocycles. The third-order valence-corrected chi connectivity index (χ3v) is 5.81. The number of aromatic hydroxyl groups is 1. The number of aromatic nitrogens is 4. The fourth-order valence-electron chi connectivity index (χ4n) is 3.99. The molecule has 3 aromatic rings. The van der Waals surface area contributed by atoms with Gasteiger partial charge in [-0.1, -0.05) is 0 Å². The summed E-state index contributed by atoms with van der Waals surface area (Å²) < 4.78 is 7.16. The summed E-state index contributed by atoms with van der Waals surface area (Å²) >= 11 is 1.50. The first kappa shape index (κ1) is 18.2. The van der Waals surface area contributed by atoms with E-state index in [-0.39, 0.29) is 23.9 Å². The predicted octanol–water partition coefficient (Wildman–Crippen LogP) is 2.76. The van der Waals surface area contributed by atoms with Crippen molar-refractivity contribution in [1.82, 2.24) is 24.5 Å². The summed E-state index contributed by atoms with van der Waals surface area (Å²) in [5.41, 5.74) is 3.21. The van der Waals surface area contributed by atoms with E-state index in [0.717, 1.165) is 17.8 Å². The van der Waals surface area contributed by atoms with Crippen LogP contribution in [0.2, 0.25) is 0 Å². The summed E-state index contributed by atoms with van der Waals surface area (Å²) in [6, 6.07) is 3.57. The molecule has 2 bridgehead atoms. The lowest BCUT2D eigenvalue weighted by molar-refractivity contribution is -0.0381. The van der Waals surface area contributed by atoms with Crippen LogP contribution in [0.4, 0.5) is 10.7 Å². The molecule has 9 nitrogen and oxygen atoms in total. The van der Waals surface area contributed by atoms with E-state index in [0.29, 0.717) is 24.7 Å². The van der Waals surface area contributed by atoms with Crippen molar-refractivity contribution >= 4 is 29.0 Å². The van der Waals surface area contributed by atoms with Gasteiger partial charge in [-0.25, -0.2) is 14.3 Å². The number of ether oxygens (including phenoxy) is 1. The van der Waals surface area contributed by atoms with Gasteiger partial charge in [-0.05, 0) is 39.3 Å². The number of nitrogens with zero attached hydrogens (tertiary/aromatic N) is 6. The Hall–Kier alpha value is -2.88. The molecule has 2 atom stereocenters. The highest BCUT2D eigenvalue weighted by Gasteiger charge is 2.49. The minimum atomic E-state index is -0.507. The number of carbonyl (C=O) groups is 1. The maximum absolute atomic E-state index is 12.5. The Morgan fingerprint density at radius 1 is 1.28 bits per heavy atom. The molecule has 3 aliphatic rings. The van der Waals surface area contributed by atoms with Crippen molar-refractivity contribution in [3.63, 3.8) is 0 Å². The van der Waals surface area contributed by atoms with Gasteiger partial charge >= 0.3 is 6.09 Å². The lowest BCUT2D eigenvalue weighted by Gasteiger charge is -2.55. The molecule has 6 rings (SSSR count). The molecule has 1 amide bonds. The Morgan fingerprint density at radius 3 is 2.69 bits per heavy atom. The topological polar surface area (TPSA) is 96.1 Å². The summed E-state index contributed by atoms with van der Waals surface area (Å²) in [5, 5.41) is 16.8. The largest absolute Gasteiger partial charge is 0.504 e. The van der Waals surface area contributed by atoms with Crippen LogP contribution in [0.15, 0.2) is 23.0 Å². The van der Waals surface area contributed by atoms with Gasteiger partial charge in [0.05, 0.1) is 29.0 Å². The SMILES string of the molecule is CC(C)(C)OC(=O)N1C2CC1CN(c1nc3c(O)ccc(-c4cscn4)n3n1)C2. The maximum Gasteiger partial charge on any atom is 0.410 e. The van der Waals surface area contributed by atoms with Crippen LogP contribution >= 0.6 is 11.3 Å². The van der Waals surface area contributed by atoms with Gasteiger partial charge in [0.2, 0.25) is 5.95 Å². The summed E-state index contributed by atoms with van der Waals surface area (Å²) in [6.45, 7) is 6.90. The average Bonchev–Trinajstić information content (AvgIpc) is 3.31. The molecule has 3 aliphatic heterocycles. The maximum atomic E-state index is 12.5. The van der Waals surface area contributed by atoms with Crippen molar-refractivity contribution < 1.29 is 14.6 Å². The number of hydrogen-bond acceptors (Lipinski definition) is 8. The summed E-state index contributed by atoms with van der Waals surface area (Å²) in [6.07, 6.45) is 0.697.